The number of aliphatic hydroxyl groups excluding tert-OH is 1. The van der Waals surface area contributed by atoms with Crippen molar-refractivity contribution >= 4 is 9.84 Å². The van der Waals surface area contributed by atoms with E-state index in [0.29, 0.717) is 11.5 Å². The average Bonchev–Trinajstić information content (AvgIpc) is 2.14. The molecular weight excluding hydrogens is 238 g/mol. The molecule has 0 bridgehead atoms. The molecule has 2 aliphatic rings. The first-order valence-electron chi connectivity index (χ1n) is 6.50. The Labute approximate surface area is 104 Å². The molecule has 1 N–H and O–H groups in total. The summed E-state index contributed by atoms with van der Waals surface area (Å²) in [7, 11) is -0.783. The van der Waals surface area contributed by atoms with Crippen LogP contribution in [0.2, 0.25) is 0 Å². The molecule has 1 aliphatic carbocycles. The van der Waals surface area contributed by atoms with E-state index < -0.39 is 9.84 Å². The summed E-state index contributed by atoms with van der Waals surface area (Å²) < 4.78 is 23.2. The van der Waals surface area contributed by atoms with Gasteiger partial charge in [-0.05, 0) is 45.1 Å². The molecule has 1 saturated carbocycles. The van der Waals surface area contributed by atoms with Crippen molar-refractivity contribution in [3.63, 3.8) is 0 Å². The predicted octanol–water partition coefficient (Wildman–Crippen LogP) is 0.658. The van der Waals surface area contributed by atoms with Gasteiger partial charge in [-0.1, -0.05) is 0 Å². The summed E-state index contributed by atoms with van der Waals surface area (Å²) in [6.45, 7) is 1.00. The van der Waals surface area contributed by atoms with Crippen LogP contribution in [0.5, 0.6) is 0 Å². The minimum absolute atomic E-state index is 0.0544. The second kappa shape index (κ2) is 4.86. The van der Waals surface area contributed by atoms with Crippen LogP contribution in [0, 0.1) is 5.92 Å². The Morgan fingerprint density at radius 3 is 2.53 bits per heavy atom. The van der Waals surface area contributed by atoms with Crippen molar-refractivity contribution in [3.8, 4) is 0 Å². The lowest BCUT2D eigenvalue weighted by atomic mass is 9.76. The summed E-state index contributed by atoms with van der Waals surface area (Å²) in [5.41, 5.74) is -0.0544. The maximum atomic E-state index is 11.6. The van der Waals surface area contributed by atoms with Crippen LogP contribution < -0.4 is 0 Å². The van der Waals surface area contributed by atoms with Gasteiger partial charge in [-0.25, -0.2) is 8.42 Å². The van der Waals surface area contributed by atoms with Crippen LogP contribution in [-0.2, 0) is 9.84 Å². The minimum atomic E-state index is -2.81. The Morgan fingerprint density at radius 1 is 1.35 bits per heavy atom. The standard InChI is InChI=1S/C12H23NO3S/c1-13(12(10-14)5-3-6-12)8-11-4-2-7-17(15,16)9-11/h11,14H,2-10H2,1H3. The smallest absolute Gasteiger partial charge is 0.150 e. The summed E-state index contributed by atoms with van der Waals surface area (Å²) in [5, 5.41) is 9.48. The number of rotatable bonds is 4. The first-order chi connectivity index (χ1) is 7.97. The normalized spacial score (nSPS) is 31.1. The Kier molecular flexibility index (Phi) is 3.80. The first kappa shape index (κ1) is 13.3. The molecule has 1 saturated heterocycles. The van der Waals surface area contributed by atoms with E-state index in [2.05, 4.69) is 4.90 Å². The number of likely N-dealkylation sites (N-methyl/N-ethyl adjacent to an activating group) is 1. The molecule has 0 radical (unpaired) electrons. The van der Waals surface area contributed by atoms with E-state index in [9.17, 15) is 13.5 Å². The molecule has 0 aromatic carbocycles. The molecule has 1 atom stereocenters. The molecule has 100 valence electrons. The highest BCUT2D eigenvalue weighted by Crippen LogP contribution is 2.37. The van der Waals surface area contributed by atoms with Crippen molar-refractivity contribution in [3.05, 3.63) is 0 Å². The van der Waals surface area contributed by atoms with Crippen LogP contribution in [0.1, 0.15) is 32.1 Å². The van der Waals surface area contributed by atoms with Gasteiger partial charge in [-0.2, -0.15) is 0 Å². The van der Waals surface area contributed by atoms with Gasteiger partial charge in [-0.3, -0.25) is 4.90 Å². The number of hydrogen-bond acceptors (Lipinski definition) is 4. The highest BCUT2D eigenvalue weighted by molar-refractivity contribution is 7.91. The predicted molar refractivity (Wildman–Crippen MR) is 67.7 cm³/mol. The summed E-state index contributed by atoms with van der Waals surface area (Å²) in [6.07, 6.45) is 5.06. The van der Waals surface area contributed by atoms with Crippen LogP contribution in [0.15, 0.2) is 0 Å². The van der Waals surface area contributed by atoms with Crippen LogP contribution in [0.3, 0.4) is 0 Å². The zero-order chi connectivity index (χ0) is 12.5. The molecule has 2 rings (SSSR count). The number of sulfone groups is 1. The highest BCUT2D eigenvalue weighted by atomic mass is 32.2. The Morgan fingerprint density at radius 2 is 2.06 bits per heavy atom. The fourth-order valence-electron chi connectivity index (χ4n) is 3.09. The van der Waals surface area contributed by atoms with Gasteiger partial charge in [0.05, 0.1) is 18.1 Å². The van der Waals surface area contributed by atoms with Gasteiger partial charge in [-0.15, -0.1) is 0 Å². The van der Waals surface area contributed by atoms with E-state index in [1.165, 1.54) is 6.42 Å². The SMILES string of the molecule is CN(CC1CCCS(=O)(=O)C1)C1(CO)CCC1. The zero-order valence-electron chi connectivity index (χ0n) is 10.6. The maximum absolute atomic E-state index is 11.6. The molecule has 17 heavy (non-hydrogen) atoms. The quantitative estimate of drug-likeness (QED) is 0.807. The van der Waals surface area contributed by atoms with Crippen LogP contribution >= 0.6 is 0 Å². The van der Waals surface area contributed by atoms with Gasteiger partial charge in [0, 0.05) is 12.1 Å². The third kappa shape index (κ3) is 2.83. The molecule has 1 unspecified atom stereocenters. The monoisotopic (exact) mass is 261 g/mol. The van der Waals surface area contributed by atoms with Crippen molar-refractivity contribution in [2.24, 2.45) is 5.92 Å². The second-order valence-corrected chi connectivity index (χ2v) is 7.97. The fraction of sp³-hybridized carbons (Fsp3) is 1.00. The van der Waals surface area contributed by atoms with E-state index >= 15 is 0 Å². The Balaban J connectivity index is 1.92. The van der Waals surface area contributed by atoms with Gasteiger partial charge in [0.1, 0.15) is 0 Å². The van der Waals surface area contributed by atoms with Gasteiger partial charge in [0.2, 0.25) is 0 Å². The number of aliphatic hydroxyl groups is 1. The lowest BCUT2D eigenvalue weighted by molar-refractivity contribution is -0.0200. The second-order valence-electron chi connectivity index (χ2n) is 5.74. The van der Waals surface area contributed by atoms with Gasteiger partial charge < -0.3 is 5.11 Å². The molecule has 0 spiro atoms. The first-order valence-corrected chi connectivity index (χ1v) is 8.32. The van der Waals surface area contributed by atoms with Crippen molar-refractivity contribution in [1.29, 1.82) is 0 Å². The van der Waals surface area contributed by atoms with E-state index in [1.807, 2.05) is 7.05 Å². The molecule has 0 amide bonds. The van der Waals surface area contributed by atoms with E-state index in [4.69, 9.17) is 0 Å². The Hall–Kier alpha value is -0.130. The van der Waals surface area contributed by atoms with Crippen molar-refractivity contribution in [2.45, 2.75) is 37.6 Å². The highest BCUT2D eigenvalue weighted by Gasteiger charge is 2.41. The summed E-state index contributed by atoms with van der Waals surface area (Å²) >= 11 is 0. The largest absolute Gasteiger partial charge is 0.394 e. The lowest BCUT2D eigenvalue weighted by Gasteiger charge is -2.48. The number of hydrogen-bond donors (Lipinski definition) is 1. The molecule has 1 aliphatic heterocycles. The van der Waals surface area contributed by atoms with E-state index in [1.54, 1.807) is 0 Å². The third-order valence-electron chi connectivity index (χ3n) is 4.48. The molecule has 0 aromatic heterocycles. The number of nitrogens with zero attached hydrogens (tertiary/aromatic N) is 1. The summed E-state index contributed by atoms with van der Waals surface area (Å²) in [5.74, 6) is 0.944. The van der Waals surface area contributed by atoms with E-state index in [-0.39, 0.29) is 18.1 Å². The molecule has 4 nitrogen and oxygen atoms in total. The van der Waals surface area contributed by atoms with Crippen LogP contribution in [0.25, 0.3) is 0 Å². The topological polar surface area (TPSA) is 57.6 Å². The zero-order valence-corrected chi connectivity index (χ0v) is 11.4. The summed E-state index contributed by atoms with van der Waals surface area (Å²) in [6, 6.07) is 0. The average molecular weight is 261 g/mol. The van der Waals surface area contributed by atoms with Crippen LogP contribution in [0.4, 0.5) is 0 Å². The van der Waals surface area contributed by atoms with Crippen molar-refractivity contribution in [1.82, 2.24) is 4.90 Å². The van der Waals surface area contributed by atoms with Crippen molar-refractivity contribution in [2.75, 3.05) is 31.7 Å². The molecule has 1 heterocycles. The minimum Gasteiger partial charge on any atom is -0.394 e. The molecule has 5 heteroatoms. The maximum Gasteiger partial charge on any atom is 0.150 e. The fourth-order valence-corrected chi connectivity index (χ4v) is 4.85. The Bertz CT molecular complexity index is 356. The lowest BCUT2D eigenvalue weighted by Crippen LogP contribution is -2.56. The van der Waals surface area contributed by atoms with Gasteiger partial charge in [0.15, 0.2) is 9.84 Å². The molecular formula is C12H23NO3S. The molecule has 2 fully saturated rings. The van der Waals surface area contributed by atoms with Gasteiger partial charge in [0.25, 0.3) is 0 Å². The third-order valence-corrected chi connectivity index (χ3v) is 6.37. The van der Waals surface area contributed by atoms with Crippen LogP contribution in [-0.4, -0.2) is 55.7 Å². The van der Waals surface area contributed by atoms with Gasteiger partial charge >= 0.3 is 0 Å². The molecule has 0 aromatic rings. The summed E-state index contributed by atoms with van der Waals surface area (Å²) in [4.78, 5) is 2.20. The van der Waals surface area contributed by atoms with Crippen molar-refractivity contribution < 1.29 is 13.5 Å². The van der Waals surface area contributed by atoms with E-state index in [0.717, 1.165) is 32.2 Å².